The minimum Gasteiger partial charge on any atom is -0.453 e. The van der Waals surface area contributed by atoms with Gasteiger partial charge in [0, 0.05) is 52.9 Å². The summed E-state index contributed by atoms with van der Waals surface area (Å²) in [6, 6.07) is 9.53. The number of aromatic amines is 1. The number of nitrogens with two attached hydrogens (primary N) is 2. The lowest BCUT2D eigenvalue weighted by atomic mass is 10.1. The van der Waals surface area contributed by atoms with Crippen LogP contribution in [0.25, 0.3) is 17.3 Å². The van der Waals surface area contributed by atoms with Gasteiger partial charge in [-0.15, -0.1) is 0 Å². The van der Waals surface area contributed by atoms with Crippen LogP contribution in [-0.2, 0) is 14.3 Å². The topological polar surface area (TPSA) is 205 Å². The number of benzene rings is 2. The molecule has 9 N–H and O–H groups in total. The van der Waals surface area contributed by atoms with Crippen LogP contribution in [0.4, 0.5) is 21.9 Å². The summed E-state index contributed by atoms with van der Waals surface area (Å²) in [4.78, 5) is 45.4. The zero-order chi connectivity index (χ0) is 30.8. The Bertz CT molecular complexity index is 1520. The van der Waals surface area contributed by atoms with Gasteiger partial charge in [0.25, 0.3) is 0 Å². The molecule has 2 aromatic carbocycles. The smallest absolute Gasteiger partial charge is 0.411 e. The number of amides is 3. The molecule has 0 fully saturated rings. The number of imidazole rings is 1. The van der Waals surface area contributed by atoms with Gasteiger partial charge in [0.1, 0.15) is 12.2 Å². The van der Waals surface area contributed by atoms with Crippen LogP contribution in [0.5, 0.6) is 0 Å². The molecule has 0 spiro atoms. The molecule has 0 saturated carbocycles. The van der Waals surface area contributed by atoms with E-state index in [2.05, 4.69) is 31.4 Å². The minimum absolute atomic E-state index is 0.0361. The molecule has 1 aliphatic rings. The zero-order valence-corrected chi connectivity index (χ0v) is 24.1. The van der Waals surface area contributed by atoms with E-state index < -0.39 is 18.0 Å². The molecule has 1 aliphatic heterocycles. The number of nitrogens with zero attached hydrogens (tertiary/aromatic N) is 3. The van der Waals surface area contributed by atoms with Crippen LogP contribution in [0.1, 0.15) is 36.7 Å². The number of carbonyl (C=O) groups is 3. The number of aromatic nitrogens is 2. The third kappa shape index (κ3) is 8.47. The Morgan fingerprint density at radius 1 is 1.19 bits per heavy atom. The Kier molecular flexibility index (Phi) is 10.6. The molecular formula is C28H33ClN10O4. The number of hydrogen-bond acceptors (Lipinski definition) is 9. The van der Waals surface area contributed by atoms with E-state index in [1.807, 2.05) is 6.07 Å². The van der Waals surface area contributed by atoms with E-state index in [1.165, 1.54) is 24.5 Å². The van der Waals surface area contributed by atoms with E-state index in [9.17, 15) is 14.4 Å². The van der Waals surface area contributed by atoms with Crippen molar-refractivity contribution in [2.45, 2.75) is 25.3 Å². The van der Waals surface area contributed by atoms with E-state index in [1.54, 1.807) is 42.6 Å². The van der Waals surface area contributed by atoms with Gasteiger partial charge in [-0.1, -0.05) is 11.6 Å². The Morgan fingerprint density at radius 2 is 1.98 bits per heavy atom. The maximum atomic E-state index is 13.1. The average Bonchev–Trinajstić information content (AvgIpc) is 3.47. The van der Waals surface area contributed by atoms with Crippen molar-refractivity contribution in [3.8, 4) is 11.3 Å². The van der Waals surface area contributed by atoms with Gasteiger partial charge in [0.05, 0.1) is 31.0 Å². The van der Waals surface area contributed by atoms with Crippen LogP contribution < -0.4 is 38.0 Å². The first-order valence-electron chi connectivity index (χ1n) is 13.4. The van der Waals surface area contributed by atoms with Gasteiger partial charge in [-0.3, -0.25) is 19.9 Å². The molecule has 3 amide bonds. The monoisotopic (exact) mass is 608 g/mol. The van der Waals surface area contributed by atoms with Crippen molar-refractivity contribution >= 4 is 59.0 Å². The molecular weight excluding hydrogens is 576 g/mol. The number of hydrogen-bond donors (Lipinski definition) is 7. The Morgan fingerprint density at radius 3 is 2.74 bits per heavy atom. The molecule has 0 radical (unpaired) electrons. The molecule has 43 heavy (non-hydrogen) atoms. The molecule has 0 unspecified atom stereocenters. The van der Waals surface area contributed by atoms with Crippen molar-refractivity contribution in [1.29, 1.82) is 0 Å². The van der Waals surface area contributed by atoms with Gasteiger partial charge < -0.3 is 31.5 Å². The van der Waals surface area contributed by atoms with Gasteiger partial charge in [0.15, 0.2) is 0 Å². The molecule has 3 aromatic rings. The van der Waals surface area contributed by atoms with Crippen molar-refractivity contribution in [1.82, 2.24) is 20.6 Å². The fourth-order valence-electron chi connectivity index (χ4n) is 4.40. The lowest BCUT2D eigenvalue weighted by Crippen LogP contribution is -2.34. The van der Waals surface area contributed by atoms with Crippen molar-refractivity contribution in [3.63, 3.8) is 0 Å². The quantitative estimate of drug-likeness (QED) is 0.0720. The van der Waals surface area contributed by atoms with Crippen LogP contribution in [0.15, 0.2) is 53.8 Å². The summed E-state index contributed by atoms with van der Waals surface area (Å²) < 4.78 is 4.70. The zero-order valence-electron chi connectivity index (χ0n) is 23.4. The van der Waals surface area contributed by atoms with Crippen LogP contribution in [0.3, 0.4) is 0 Å². The predicted molar refractivity (Wildman–Crippen MR) is 166 cm³/mol. The molecule has 2 bridgehead atoms. The average molecular weight is 609 g/mol. The number of ether oxygens (including phenoxy) is 1. The number of methoxy groups -OCH3 is 1. The number of nitrogens with one attached hydrogen (secondary N) is 5. The van der Waals surface area contributed by atoms with E-state index in [-0.39, 0.29) is 12.3 Å². The molecule has 14 nitrogen and oxygen atoms in total. The lowest BCUT2D eigenvalue weighted by Gasteiger charge is -2.17. The normalized spacial score (nSPS) is 15.6. The van der Waals surface area contributed by atoms with E-state index in [0.29, 0.717) is 46.6 Å². The number of H-pyrrole nitrogens is 1. The molecule has 1 aromatic heterocycles. The van der Waals surface area contributed by atoms with Gasteiger partial charge in [-0.2, -0.15) is 5.10 Å². The highest BCUT2D eigenvalue weighted by Gasteiger charge is 2.22. The standard InChI is InChI=1S/C28H33ClN10O4/c1-43-28(42)36-19-6-7-20-21(13-19)32-10-2-3-11-33-26(41)14-22(27-34-15-23(20)38-27)37-25(40)9-4-17-12-18(29)5-8-24(17)39(31)16-35-30/h4-9,12-13,15-16,22,32H,2-3,10-11,14,30-31H2,1H3,(H,33,41)(H,34,38)(H,36,42)(H,37,40)/b9-4+,35-16-/t22-/m0/s1. The fraction of sp³-hybridized carbons (Fsp3) is 0.250. The molecule has 15 heteroatoms. The highest BCUT2D eigenvalue weighted by molar-refractivity contribution is 6.30. The Labute approximate surface area is 252 Å². The summed E-state index contributed by atoms with van der Waals surface area (Å²) in [7, 11) is 1.29. The van der Waals surface area contributed by atoms with Crippen LogP contribution in [0, 0.1) is 0 Å². The second-order valence-corrected chi connectivity index (χ2v) is 9.94. The maximum absolute atomic E-state index is 13.1. The summed E-state index contributed by atoms with van der Waals surface area (Å²) in [5.74, 6) is 10.9. The van der Waals surface area contributed by atoms with Crippen LogP contribution >= 0.6 is 11.6 Å². The highest BCUT2D eigenvalue weighted by Crippen LogP contribution is 2.31. The first-order chi connectivity index (χ1) is 20.8. The lowest BCUT2D eigenvalue weighted by molar-refractivity contribution is -0.122. The number of halogens is 1. The molecule has 0 aliphatic carbocycles. The molecule has 226 valence electrons. The van der Waals surface area contributed by atoms with E-state index in [0.717, 1.165) is 24.1 Å². The molecule has 2 heterocycles. The largest absolute Gasteiger partial charge is 0.453 e. The van der Waals surface area contributed by atoms with E-state index in [4.69, 9.17) is 33.0 Å². The van der Waals surface area contributed by atoms with Crippen molar-refractivity contribution in [3.05, 3.63) is 65.1 Å². The molecule has 1 atom stereocenters. The number of carbonyl (C=O) groups excluding carboxylic acids is 3. The molecule has 4 rings (SSSR count). The van der Waals surface area contributed by atoms with Crippen LogP contribution in [0.2, 0.25) is 5.02 Å². The summed E-state index contributed by atoms with van der Waals surface area (Å²) >= 11 is 6.16. The summed E-state index contributed by atoms with van der Waals surface area (Å²) in [5, 5.41) is 16.9. The third-order valence-corrected chi connectivity index (χ3v) is 6.71. The Hall–Kier alpha value is -5.08. The summed E-state index contributed by atoms with van der Waals surface area (Å²) in [6.07, 6.45) is 6.67. The van der Waals surface area contributed by atoms with Gasteiger partial charge in [-0.25, -0.2) is 15.6 Å². The Balaban J connectivity index is 1.61. The third-order valence-electron chi connectivity index (χ3n) is 6.48. The minimum atomic E-state index is -0.764. The second-order valence-electron chi connectivity index (χ2n) is 9.51. The first kappa shape index (κ1) is 30.9. The van der Waals surface area contributed by atoms with Crippen molar-refractivity contribution < 1.29 is 19.1 Å². The summed E-state index contributed by atoms with van der Waals surface area (Å²) in [6.45, 7) is 1.11. The molecule has 0 saturated heterocycles. The SMILES string of the molecule is COC(=O)Nc1ccc2c(c1)NCCCCNC(=O)C[C@H](NC(=O)/C=C/c1cc(Cl)ccc1N(N)/C=N\N)c1nc-2c[nH]1. The number of hydrazone groups is 1. The van der Waals surface area contributed by atoms with Crippen molar-refractivity contribution in [2.75, 3.05) is 35.8 Å². The summed E-state index contributed by atoms with van der Waals surface area (Å²) in [5.41, 5.74) is 3.71. The number of fused-ring (bicyclic) bond motifs is 4. The van der Waals surface area contributed by atoms with Gasteiger partial charge in [-0.05, 0) is 55.3 Å². The number of anilines is 3. The first-order valence-corrected chi connectivity index (χ1v) is 13.8. The highest BCUT2D eigenvalue weighted by atomic mass is 35.5. The fourth-order valence-corrected chi connectivity index (χ4v) is 4.58. The number of hydrazine groups is 1. The maximum Gasteiger partial charge on any atom is 0.411 e. The van der Waals surface area contributed by atoms with Gasteiger partial charge >= 0.3 is 6.09 Å². The second kappa shape index (κ2) is 14.7. The number of rotatable bonds is 6. The van der Waals surface area contributed by atoms with Crippen LogP contribution in [-0.4, -0.2) is 54.4 Å². The van der Waals surface area contributed by atoms with Crippen molar-refractivity contribution in [2.24, 2.45) is 16.8 Å². The van der Waals surface area contributed by atoms with Gasteiger partial charge in [0.2, 0.25) is 11.8 Å². The van der Waals surface area contributed by atoms with E-state index >= 15 is 0 Å². The predicted octanol–water partition coefficient (Wildman–Crippen LogP) is 3.07.